The van der Waals surface area contributed by atoms with Crippen LogP contribution in [-0.2, 0) is 0 Å². The zero-order valence-electron chi connectivity index (χ0n) is 6.81. The molecule has 0 aromatic heterocycles. The van der Waals surface area contributed by atoms with Gasteiger partial charge in [0, 0.05) is 19.1 Å². The highest BCUT2D eigenvalue weighted by Gasteiger charge is 2.14. The number of urea groups is 1. The molecule has 1 rings (SSSR count). The van der Waals surface area contributed by atoms with Crippen molar-refractivity contribution in [1.29, 1.82) is 0 Å². The molecule has 0 aromatic carbocycles. The number of nitrogens with one attached hydrogen (secondary N) is 3. The number of hydrogen-bond donors (Lipinski definition) is 3. The first-order valence-corrected chi connectivity index (χ1v) is 4.08. The van der Waals surface area contributed by atoms with Crippen LogP contribution in [0, 0.1) is 0 Å². The van der Waals surface area contributed by atoms with Gasteiger partial charge in [0.25, 0.3) is 0 Å². The SMILES string of the molecule is CCCNC1CNC(=O)NC1. The maximum atomic E-state index is 10.6. The minimum atomic E-state index is -0.0560. The van der Waals surface area contributed by atoms with E-state index in [1.54, 1.807) is 0 Å². The van der Waals surface area contributed by atoms with Crippen molar-refractivity contribution in [2.24, 2.45) is 0 Å². The summed E-state index contributed by atoms with van der Waals surface area (Å²) in [5.41, 5.74) is 0. The van der Waals surface area contributed by atoms with Crippen LogP contribution < -0.4 is 16.0 Å². The highest BCUT2D eigenvalue weighted by molar-refractivity contribution is 5.74. The Balaban J connectivity index is 2.12. The van der Waals surface area contributed by atoms with Crippen LogP contribution in [0.1, 0.15) is 13.3 Å². The number of carbonyl (C=O) groups is 1. The lowest BCUT2D eigenvalue weighted by molar-refractivity contribution is 0.231. The second-order valence-electron chi connectivity index (χ2n) is 2.74. The lowest BCUT2D eigenvalue weighted by Gasteiger charge is -2.24. The van der Waals surface area contributed by atoms with Crippen molar-refractivity contribution in [1.82, 2.24) is 16.0 Å². The molecule has 2 amide bonds. The standard InChI is InChI=1S/C7H15N3O/c1-2-3-8-6-4-9-7(11)10-5-6/h6,8H,2-5H2,1H3,(H2,9,10,11). The molecule has 0 aliphatic carbocycles. The van der Waals surface area contributed by atoms with Crippen molar-refractivity contribution >= 4 is 6.03 Å². The molecule has 11 heavy (non-hydrogen) atoms. The average Bonchev–Trinajstić information content (AvgIpc) is 2.04. The Morgan fingerprint density at radius 2 is 2.18 bits per heavy atom. The molecule has 0 aromatic rings. The van der Waals surface area contributed by atoms with E-state index in [1.807, 2.05) is 0 Å². The first kappa shape index (κ1) is 8.33. The van der Waals surface area contributed by atoms with Crippen molar-refractivity contribution in [2.75, 3.05) is 19.6 Å². The van der Waals surface area contributed by atoms with Crippen molar-refractivity contribution in [2.45, 2.75) is 19.4 Å². The Kier molecular flexibility index (Phi) is 3.16. The molecule has 3 N–H and O–H groups in total. The highest BCUT2D eigenvalue weighted by atomic mass is 16.2. The number of amides is 2. The van der Waals surface area contributed by atoms with E-state index >= 15 is 0 Å². The van der Waals surface area contributed by atoms with Crippen LogP contribution in [0.15, 0.2) is 0 Å². The second kappa shape index (κ2) is 4.18. The second-order valence-corrected chi connectivity index (χ2v) is 2.74. The minimum absolute atomic E-state index is 0.0560. The number of rotatable bonds is 3. The smallest absolute Gasteiger partial charge is 0.314 e. The largest absolute Gasteiger partial charge is 0.337 e. The van der Waals surface area contributed by atoms with Gasteiger partial charge in [-0.15, -0.1) is 0 Å². The Bertz CT molecular complexity index is 128. The Morgan fingerprint density at radius 1 is 1.55 bits per heavy atom. The molecule has 1 fully saturated rings. The molecule has 0 saturated carbocycles. The summed E-state index contributed by atoms with van der Waals surface area (Å²) in [6, 6.07) is 0.340. The van der Waals surface area contributed by atoms with E-state index < -0.39 is 0 Å². The molecule has 4 nitrogen and oxygen atoms in total. The van der Waals surface area contributed by atoms with Gasteiger partial charge < -0.3 is 16.0 Å². The van der Waals surface area contributed by atoms with Crippen LogP contribution >= 0.6 is 0 Å². The maximum absolute atomic E-state index is 10.6. The predicted octanol–water partition coefficient (Wildman–Crippen LogP) is -0.333. The van der Waals surface area contributed by atoms with Gasteiger partial charge in [0.05, 0.1) is 0 Å². The predicted molar refractivity (Wildman–Crippen MR) is 43.5 cm³/mol. The summed E-state index contributed by atoms with van der Waals surface area (Å²) >= 11 is 0. The fourth-order valence-corrected chi connectivity index (χ4v) is 1.06. The summed E-state index contributed by atoms with van der Waals surface area (Å²) in [4.78, 5) is 10.6. The fraction of sp³-hybridized carbons (Fsp3) is 0.857. The highest BCUT2D eigenvalue weighted by Crippen LogP contribution is 1.86. The van der Waals surface area contributed by atoms with Crippen LogP contribution in [0.25, 0.3) is 0 Å². The third-order valence-electron chi connectivity index (χ3n) is 1.70. The van der Waals surface area contributed by atoms with Crippen LogP contribution in [0.5, 0.6) is 0 Å². The van der Waals surface area contributed by atoms with Gasteiger partial charge >= 0.3 is 6.03 Å². The summed E-state index contributed by atoms with van der Waals surface area (Å²) in [5.74, 6) is 0. The molecule has 1 aliphatic rings. The van der Waals surface area contributed by atoms with Crippen molar-refractivity contribution in [3.8, 4) is 0 Å². The Labute approximate surface area is 66.7 Å². The van der Waals surface area contributed by atoms with E-state index in [1.165, 1.54) is 0 Å². The van der Waals surface area contributed by atoms with E-state index in [2.05, 4.69) is 22.9 Å². The van der Waals surface area contributed by atoms with Crippen LogP contribution in [0.4, 0.5) is 4.79 Å². The van der Waals surface area contributed by atoms with E-state index in [9.17, 15) is 4.79 Å². The van der Waals surface area contributed by atoms with Gasteiger partial charge in [-0.1, -0.05) is 6.92 Å². The fourth-order valence-electron chi connectivity index (χ4n) is 1.06. The lowest BCUT2D eigenvalue weighted by atomic mass is 10.2. The molecular formula is C7H15N3O. The van der Waals surface area contributed by atoms with Gasteiger partial charge in [-0.3, -0.25) is 0 Å². The summed E-state index contributed by atoms with van der Waals surface area (Å²) in [5, 5.41) is 8.77. The van der Waals surface area contributed by atoms with E-state index in [0.29, 0.717) is 6.04 Å². The normalized spacial score (nSPS) is 19.2. The Morgan fingerprint density at radius 3 is 2.73 bits per heavy atom. The summed E-state index contributed by atoms with van der Waals surface area (Å²) in [7, 11) is 0. The first-order chi connectivity index (χ1) is 5.33. The molecule has 1 saturated heterocycles. The summed E-state index contributed by atoms with van der Waals surface area (Å²) in [6.07, 6.45) is 1.13. The third-order valence-corrected chi connectivity index (χ3v) is 1.70. The van der Waals surface area contributed by atoms with Crippen molar-refractivity contribution in [3.05, 3.63) is 0 Å². The number of carbonyl (C=O) groups excluding carboxylic acids is 1. The van der Waals surface area contributed by atoms with Crippen LogP contribution in [0.3, 0.4) is 0 Å². The van der Waals surface area contributed by atoms with E-state index in [0.717, 1.165) is 26.1 Å². The zero-order chi connectivity index (χ0) is 8.10. The minimum Gasteiger partial charge on any atom is -0.337 e. The molecule has 1 heterocycles. The van der Waals surface area contributed by atoms with Gasteiger partial charge in [-0.05, 0) is 13.0 Å². The third kappa shape index (κ3) is 2.76. The van der Waals surface area contributed by atoms with Gasteiger partial charge in [0.15, 0.2) is 0 Å². The first-order valence-electron chi connectivity index (χ1n) is 4.08. The van der Waals surface area contributed by atoms with Crippen LogP contribution in [-0.4, -0.2) is 31.7 Å². The topological polar surface area (TPSA) is 53.2 Å². The maximum Gasteiger partial charge on any atom is 0.314 e. The average molecular weight is 157 g/mol. The quantitative estimate of drug-likeness (QED) is 0.525. The Hall–Kier alpha value is -0.770. The molecule has 1 aliphatic heterocycles. The molecule has 64 valence electrons. The monoisotopic (exact) mass is 157 g/mol. The molecule has 0 radical (unpaired) electrons. The van der Waals surface area contributed by atoms with E-state index in [4.69, 9.17) is 0 Å². The molecule has 0 unspecified atom stereocenters. The van der Waals surface area contributed by atoms with Crippen LogP contribution in [0.2, 0.25) is 0 Å². The van der Waals surface area contributed by atoms with Gasteiger partial charge in [-0.25, -0.2) is 4.79 Å². The lowest BCUT2D eigenvalue weighted by Crippen LogP contribution is -2.56. The van der Waals surface area contributed by atoms with Crippen molar-refractivity contribution in [3.63, 3.8) is 0 Å². The summed E-state index contributed by atoms with van der Waals surface area (Å²) < 4.78 is 0. The van der Waals surface area contributed by atoms with Gasteiger partial charge in [0.2, 0.25) is 0 Å². The summed E-state index contributed by atoms with van der Waals surface area (Å²) in [6.45, 7) is 4.63. The molecular weight excluding hydrogens is 142 g/mol. The number of hydrogen-bond acceptors (Lipinski definition) is 2. The van der Waals surface area contributed by atoms with Gasteiger partial charge in [0.1, 0.15) is 0 Å². The van der Waals surface area contributed by atoms with E-state index in [-0.39, 0.29) is 6.03 Å². The molecule has 4 heteroatoms. The molecule has 0 bridgehead atoms. The van der Waals surface area contributed by atoms with Gasteiger partial charge in [-0.2, -0.15) is 0 Å². The molecule has 0 spiro atoms. The van der Waals surface area contributed by atoms with Crippen molar-refractivity contribution < 1.29 is 4.79 Å². The molecule has 0 atom stereocenters. The zero-order valence-corrected chi connectivity index (χ0v) is 6.81.